The minimum Gasteiger partial charge on any atom is -0.462 e. The molecule has 6 heteroatoms. The molecule has 0 aromatic heterocycles. The van der Waals surface area contributed by atoms with Crippen molar-refractivity contribution in [2.45, 2.75) is 252 Å². The second-order valence-corrected chi connectivity index (χ2v) is 17.4. The number of hydrogen-bond acceptors (Lipinski definition) is 6. The maximum Gasteiger partial charge on any atom is 0.306 e. The molecule has 0 bridgehead atoms. The molecular weight excluding hydrogens is 793 g/mol. The van der Waals surface area contributed by atoms with E-state index in [1.54, 1.807) is 0 Å². The van der Waals surface area contributed by atoms with Crippen molar-refractivity contribution in [3.05, 3.63) is 85.1 Å². The predicted molar refractivity (Wildman–Crippen MR) is 274 cm³/mol. The molecule has 1 unspecified atom stereocenters. The molecule has 0 N–H and O–H groups in total. The van der Waals surface area contributed by atoms with Crippen molar-refractivity contribution in [2.75, 3.05) is 13.2 Å². The van der Waals surface area contributed by atoms with Crippen LogP contribution in [-0.4, -0.2) is 37.2 Å². The molecule has 0 aliphatic carbocycles. The van der Waals surface area contributed by atoms with Gasteiger partial charge in [0.05, 0.1) is 0 Å². The van der Waals surface area contributed by atoms with E-state index < -0.39 is 6.10 Å². The average Bonchev–Trinajstić information content (AvgIpc) is 3.29. The van der Waals surface area contributed by atoms with Crippen molar-refractivity contribution in [2.24, 2.45) is 0 Å². The third-order valence-corrected chi connectivity index (χ3v) is 11.1. The highest BCUT2D eigenvalue weighted by Gasteiger charge is 2.19. The second kappa shape index (κ2) is 52.2. The second-order valence-electron chi connectivity index (χ2n) is 17.4. The monoisotopic (exact) mass is 891 g/mol. The fraction of sp³-hybridized carbons (Fsp3) is 0.707. The van der Waals surface area contributed by atoms with Gasteiger partial charge in [-0.3, -0.25) is 14.4 Å². The van der Waals surface area contributed by atoms with E-state index in [1.807, 2.05) is 0 Å². The summed E-state index contributed by atoms with van der Waals surface area (Å²) in [6.45, 7) is 6.38. The van der Waals surface area contributed by atoms with Crippen molar-refractivity contribution < 1.29 is 28.6 Å². The first-order valence-electron chi connectivity index (χ1n) is 26.6. The summed E-state index contributed by atoms with van der Waals surface area (Å²) in [6, 6.07) is 0. The highest BCUT2D eigenvalue weighted by Crippen LogP contribution is 2.15. The number of unbranched alkanes of at least 4 members (excludes halogenated alkanes) is 22. The number of esters is 3. The summed E-state index contributed by atoms with van der Waals surface area (Å²) in [5.74, 6) is -0.909. The molecule has 0 saturated heterocycles. The van der Waals surface area contributed by atoms with Crippen molar-refractivity contribution in [1.82, 2.24) is 0 Å². The first-order valence-corrected chi connectivity index (χ1v) is 26.6. The van der Waals surface area contributed by atoms with E-state index in [4.69, 9.17) is 14.2 Å². The minimum atomic E-state index is -0.786. The maximum atomic E-state index is 12.8. The Morgan fingerprint density at radius 3 is 0.953 bits per heavy atom. The lowest BCUT2D eigenvalue weighted by Gasteiger charge is -2.18. The van der Waals surface area contributed by atoms with Crippen LogP contribution in [0.1, 0.15) is 245 Å². The normalized spacial score (nSPS) is 12.7. The molecule has 0 spiro atoms. The van der Waals surface area contributed by atoms with Crippen molar-refractivity contribution in [1.29, 1.82) is 0 Å². The van der Waals surface area contributed by atoms with Crippen LogP contribution in [0.15, 0.2) is 85.1 Å². The number of ether oxygens (including phenoxy) is 3. The molecule has 0 rings (SSSR count). The quantitative estimate of drug-likeness (QED) is 0.0262. The molecule has 1 atom stereocenters. The zero-order valence-corrected chi connectivity index (χ0v) is 41.8. The molecule has 366 valence electrons. The van der Waals surface area contributed by atoms with Gasteiger partial charge < -0.3 is 14.2 Å². The smallest absolute Gasteiger partial charge is 0.306 e. The van der Waals surface area contributed by atoms with Crippen molar-refractivity contribution in [3.8, 4) is 0 Å². The summed E-state index contributed by atoms with van der Waals surface area (Å²) in [5, 5.41) is 0. The van der Waals surface area contributed by atoms with Gasteiger partial charge in [-0.1, -0.05) is 221 Å². The van der Waals surface area contributed by atoms with E-state index in [2.05, 4.69) is 106 Å². The summed E-state index contributed by atoms with van der Waals surface area (Å²) >= 11 is 0. The summed E-state index contributed by atoms with van der Waals surface area (Å²) < 4.78 is 16.8. The summed E-state index contributed by atoms with van der Waals surface area (Å²) in [5.41, 5.74) is 0. The van der Waals surface area contributed by atoms with Gasteiger partial charge in [0.25, 0.3) is 0 Å². The Labute approximate surface area is 395 Å². The van der Waals surface area contributed by atoms with E-state index in [1.165, 1.54) is 89.9 Å². The molecule has 0 amide bonds. The molecule has 0 radical (unpaired) electrons. The molecule has 0 aromatic carbocycles. The zero-order chi connectivity index (χ0) is 46.5. The molecule has 0 aliphatic rings. The number of rotatable bonds is 47. The Balaban J connectivity index is 4.38. The van der Waals surface area contributed by atoms with Crippen LogP contribution < -0.4 is 0 Å². The fourth-order valence-corrected chi connectivity index (χ4v) is 7.21. The van der Waals surface area contributed by atoms with Gasteiger partial charge in [-0.05, 0) is 89.9 Å². The third kappa shape index (κ3) is 49.6. The van der Waals surface area contributed by atoms with E-state index in [0.717, 1.165) is 116 Å². The largest absolute Gasteiger partial charge is 0.462 e. The molecule has 64 heavy (non-hydrogen) atoms. The van der Waals surface area contributed by atoms with Gasteiger partial charge in [0.2, 0.25) is 0 Å². The summed E-state index contributed by atoms with van der Waals surface area (Å²) in [7, 11) is 0. The van der Waals surface area contributed by atoms with Crippen LogP contribution in [0.25, 0.3) is 0 Å². The summed E-state index contributed by atoms with van der Waals surface area (Å²) in [6.07, 6.45) is 67.1. The molecule has 6 nitrogen and oxygen atoms in total. The zero-order valence-electron chi connectivity index (χ0n) is 41.8. The lowest BCUT2D eigenvalue weighted by Crippen LogP contribution is -2.30. The minimum absolute atomic E-state index is 0.0843. The lowest BCUT2D eigenvalue weighted by molar-refractivity contribution is -0.167. The molecule has 0 fully saturated rings. The van der Waals surface area contributed by atoms with Crippen molar-refractivity contribution in [3.63, 3.8) is 0 Å². The van der Waals surface area contributed by atoms with Crippen LogP contribution in [0.5, 0.6) is 0 Å². The molecular formula is C58H98O6. The van der Waals surface area contributed by atoms with E-state index >= 15 is 0 Å². The Bertz CT molecular complexity index is 1250. The topological polar surface area (TPSA) is 78.9 Å². The van der Waals surface area contributed by atoms with Crippen LogP contribution in [0.3, 0.4) is 0 Å². The van der Waals surface area contributed by atoms with Crippen LogP contribution in [-0.2, 0) is 28.6 Å². The SMILES string of the molecule is CC/C=C\C/C=C\C/C=C\C/C=C\CCCCCCCCC(=O)OCC(COC(=O)CCCCCCCCCCCC)OC(=O)CCCCCCCCC/C=C\C/C=C\C/C=C\CC. The van der Waals surface area contributed by atoms with Gasteiger partial charge in [-0.15, -0.1) is 0 Å². The molecule has 0 aromatic rings. The Morgan fingerprint density at radius 2 is 0.609 bits per heavy atom. The fourth-order valence-electron chi connectivity index (χ4n) is 7.21. The number of allylic oxidation sites excluding steroid dienone is 14. The summed E-state index contributed by atoms with van der Waals surface area (Å²) in [4.78, 5) is 38.0. The average molecular weight is 891 g/mol. The van der Waals surface area contributed by atoms with Gasteiger partial charge in [0.1, 0.15) is 13.2 Å². The standard InChI is InChI=1S/C58H98O6/c1-4-7-10-13-16-19-22-24-26-28-29-31-32-34-36-39-42-45-48-51-57(60)63-54-55(53-62-56(59)50-47-44-41-38-21-18-15-12-9-6-3)64-58(61)52-49-46-43-40-37-35-33-30-27-25-23-20-17-14-11-8-5-2/h7-8,10-11,16-17,19-20,24-27,29,31,55H,4-6,9,12-15,18,21-23,28,30,32-54H2,1-3H3/b10-7-,11-8-,19-16-,20-17-,26-24-,27-25-,31-29-. The van der Waals surface area contributed by atoms with Gasteiger partial charge in [0, 0.05) is 19.3 Å². The predicted octanol–water partition coefficient (Wildman–Crippen LogP) is 17.6. The molecule has 0 aliphatic heterocycles. The van der Waals surface area contributed by atoms with Gasteiger partial charge >= 0.3 is 17.9 Å². The van der Waals surface area contributed by atoms with E-state index in [-0.39, 0.29) is 31.1 Å². The Kier molecular flexibility index (Phi) is 49.4. The lowest BCUT2D eigenvalue weighted by atomic mass is 10.1. The first-order chi connectivity index (χ1) is 31.5. The highest BCUT2D eigenvalue weighted by atomic mass is 16.6. The van der Waals surface area contributed by atoms with E-state index in [9.17, 15) is 14.4 Å². The third-order valence-electron chi connectivity index (χ3n) is 11.1. The van der Waals surface area contributed by atoms with Gasteiger partial charge in [0.15, 0.2) is 6.10 Å². The van der Waals surface area contributed by atoms with Crippen LogP contribution in [0, 0.1) is 0 Å². The van der Waals surface area contributed by atoms with Crippen LogP contribution >= 0.6 is 0 Å². The van der Waals surface area contributed by atoms with Crippen LogP contribution in [0.2, 0.25) is 0 Å². The van der Waals surface area contributed by atoms with Gasteiger partial charge in [-0.2, -0.15) is 0 Å². The van der Waals surface area contributed by atoms with Crippen LogP contribution in [0.4, 0.5) is 0 Å². The van der Waals surface area contributed by atoms with Gasteiger partial charge in [-0.25, -0.2) is 0 Å². The first kappa shape index (κ1) is 60.6. The maximum absolute atomic E-state index is 12.8. The van der Waals surface area contributed by atoms with Crippen molar-refractivity contribution >= 4 is 17.9 Å². The van der Waals surface area contributed by atoms with E-state index in [0.29, 0.717) is 19.3 Å². The number of hydrogen-bond donors (Lipinski definition) is 0. The Morgan fingerprint density at radius 1 is 0.328 bits per heavy atom. The number of carbonyl (C=O) groups excluding carboxylic acids is 3. The highest BCUT2D eigenvalue weighted by molar-refractivity contribution is 5.71. The molecule has 0 saturated carbocycles. The Hall–Kier alpha value is -3.41. The molecule has 0 heterocycles. The number of carbonyl (C=O) groups is 3.